The highest BCUT2D eigenvalue weighted by molar-refractivity contribution is 6.03. The number of rotatable bonds is 21. The minimum Gasteiger partial charge on any atom is -0.497 e. The van der Waals surface area contributed by atoms with Gasteiger partial charge in [0.15, 0.2) is 0 Å². The van der Waals surface area contributed by atoms with Crippen molar-refractivity contribution in [1.29, 1.82) is 0 Å². The third-order valence-electron chi connectivity index (χ3n) is 11.1. The summed E-state index contributed by atoms with van der Waals surface area (Å²) in [6.07, 6.45) is 11.9. The summed E-state index contributed by atoms with van der Waals surface area (Å²) in [6.45, 7) is 17.2. The van der Waals surface area contributed by atoms with Crippen LogP contribution in [0.5, 0.6) is 17.2 Å². The maximum atomic E-state index is 14.8. The second-order valence-electron chi connectivity index (χ2n) is 16.2. The number of fused-ring (bicyclic) bond motifs is 2. The second kappa shape index (κ2) is 19.8. The first-order chi connectivity index (χ1) is 27.0. The van der Waals surface area contributed by atoms with Gasteiger partial charge in [-0.25, -0.2) is 0 Å². The minimum atomic E-state index is -1.31. The fourth-order valence-corrected chi connectivity index (χ4v) is 8.84. The number of hydrogen-bond donors (Lipinski definition) is 2. The summed E-state index contributed by atoms with van der Waals surface area (Å²) < 4.78 is 26.0. The van der Waals surface area contributed by atoms with Gasteiger partial charge in [-0.05, 0) is 106 Å². The first-order valence-electron chi connectivity index (χ1n) is 20.5. The molecule has 6 unspecified atom stereocenters. The zero-order valence-electron chi connectivity index (χ0n) is 34.2. The van der Waals surface area contributed by atoms with Crippen LogP contribution in [0.15, 0.2) is 84.6 Å². The molecule has 2 aromatic carbocycles. The van der Waals surface area contributed by atoms with Crippen LogP contribution in [0.2, 0.25) is 0 Å². The van der Waals surface area contributed by atoms with Crippen molar-refractivity contribution in [2.24, 2.45) is 22.9 Å². The summed E-state index contributed by atoms with van der Waals surface area (Å²) in [7, 11) is 1.63. The van der Waals surface area contributed by atoms with E-state index >= 15 is 0 Å². The Kier molecular flexibility index (Phi) is 15.2. The van der Waals surface area contributed by atoms with Crippen LogP contribution in [0, 0.1) is 17.8 Å². The van der Waals surface area contributed by atoms with Crippen molar-refractivity contribution in [2.45, 2.75) is 109 Å². The van der Waals surface area contributed by atoms with Crippen LogP contribution < -0.4 is 14.2 Å². The largest absolute Gasteiger partial charge is 0.497 e. The van der Waals surface area contributed by atoms with E-state index in [0.717, 1.165) is 54.5 Å². The van der Waals surface area contributed by atoms with Gasteiger partial charge >= 0.3 is 0 Å². The highest BCUT2D eigenvalue weighted by Gasteiger charge is 2.65. The van der Waals surface area contributed by atoms with Crippen LogP contribution in [-0.4, -0.2) is 84.2 Å². The molecular formula is C46H64N2O8. The molecule has 10 nitrogen and oxygen atoms in total. The number of methoxy groups -OCH3 is 1. The van der Waals surface area contributed by atoms with Crippen molar-refractivity contribution in [1.82, 2.24) is 4.90 Å². The van der Waals surface area contributed by atoms with Crippen LogP contribution >= 0.6 is 0 Å². The topological polar surface area (TPSA) is 119 Å². The van der Waals surface area contributed by atoms with Crippen molar-refractivity contribution >= 4 is 11.6 Å². The summed E-state index contributed by atoms with van der Waals surface area (Å²) in [5.41, 5.74) is 3.09. The van der Waals surface area contributed by atoms with Gasteiger partial charge < -0.3 is 38.9 Å². The Balaban J connectivity index is 1.78. The number of carbonyl (C=O) groups excluding carboxylic acids is 1. The summed E-state index contributed by atoms with van der Waals surface area (Å²) in [5.74, 6) is 0.473. The number of allylic oxidation sites excluding steroid dienone is 1. The maximum absolute atomic E-state index is 14.8. The van der Waals surface area contributed by atoms with Crippen LogP contribution in [-0.2, 0) is 20.8 Å². The third kappa shape index (κ3) is 9.87. The Morgan fingerprint density at radius 3 is 2.45 bits per heavy atom. The minimum absolute atomic E-state index is 0.0495. The molecule has 1 aliphatic heterocycles. The van der Waals surface area contributed by atoms with Gasteiger partial charge in [-0.15, -0.1) is 6.58 Å². The molecule has 3 aliphatic rings. The lowest BCUT2D eigenvalue weighted by molar-refractivity contribution is -0.257. The SMILES string of the molecule is C=CCOc1ccc2c(c1)C1C(CCCCO)C(CCCCO)C=C3C(=NOC(C)(C)C)CC(N(CCC)C(=O)Cc4cccc(OC)c4)C(OCC=C)(O2)C31. The quantitative estimate of drug-likeness (QED) is 0.0742. The highest BCUT2D eigenvalue weighted by atomic mass is 16.7. The molecule has 2 aliphatic carbocycles. The standard InChI is InChI=1S/C46H64N2O8/c1-8-22-48(42(51)28-32-16-15-18-34(27-32)52-7)41-31-39(47-56-45(4,5)6)37-29-33(17-11-13-23-49)36(19-12-14-24-50)43-38-30-35(53-25-9-2)20-21-40(38)55-46(41,44(37)43)54-26-10-3/h9-10,15-16,18,20-21,27,29-30,33,36,41,43-44,49-50H,2-3,8,11-14,17,19,22-26,28,31H2,1,4-7H3. The number of benzene rings is 2. The van der Waals surface area contributed by atoms with E-state index in [4.69, 9.17) is 28.9 Å². The first-order valence-corrected chi connectivity index (χ1v) is 20.5. The molecule has 5 rings (SSSR count). The molecule has 2 N–H and O–H groups in total. The average molecular weight is 773 g/mol. The van der Waals surface area contributed by atoms with Gasteiger partial charge in [0.05, 0.1) is 31.8 Å². The number of nitrogens with zero attached hydrogens (tertiary/aromatic N) is 2. The molecule has 306 valence electrons. The Hall–Kier alpha value is -4.12. The van der Waals surface area contributed by atoms with Crippen molar-refractivity contribution < 1.29 is 38.8 Å². The number of aliphatic hydroxyl groups is 2. The number of amides is 1. The Morgan fingerprint density at radius 1 is 1.02 bits per heavy atom. The number of ether oxygens (including phenoxy) is 4. The van der Waals surface area contributed by atoms with Crippen LogP contribution in [0.3, 0.4) is 0 Å². The van der Waals surface area contributed by atoms with E-state index in [9.17, 15) is 15.0 Å². The van der Waals surface area contributed by atoms with Crippen molar-refractivity contribution in [3.05, 3.63) is 90.6 Å². The second-order valence-corrected chi connectivity index (χ2v) is 16.2. The lowest BCUT2D eigenvalue weighted by atomic mass is 9.55. The van der Waals surface area contributed by atoms with E-state index in [1.54, 1.807) is 19.3 Å². The van der Waals surface area contributed by atoms with Gasteiger partial charge in [-0.2, -0.15) is 0 Å². The highest BCUT2D eigenvalue weighted by Crippen LogP contribution is 2.62. The Labute approximate surface area is 334 Å². The average Bonchev–Trinajstić information content (AvgIpc) is 3.18. The van der Waals surface area contributed by atoms with Crippen molar-refractivity contribution in [3.8, 4) is 17.2 Å². The van der Waals surface area contributed by atoms with Gasteiger partial charge in [0.1, 0.15) is 35.5 Å². The fourth-order valence-electron chi connectivity index (χ4n) is 8.84. The zero-order chi connectivity index (χ0) is 40.3. The summed E-state index contributed by atoms with van der Waals surface area (Å²) in [4.78, 5) is 23.0. The molecule has 56 heavy (non-hydrogen) atoms. The predicted molar refractivity (Wildman–Crippen MR) is 220 cm³/mol. The van der Waals surface area contributed by atoms with Gasteiger partial charge in [0.2, 0.25) is 11.7 Å². The Morgan fingerprint density at radius 2 is 1.77 bits per heavy atom. The maximum Gasteiger partial charge on any atom is 0.239 e. The lowest BCUT2D eigenvalue weighted by Gasteiger charge is -2.60. The molecule has 10 heteroatoms. The molecule has 2 aromatic rings. The number of oxime groups is 1. The molecule has 1 saturated carbocycles. The number of carbonyl (C=O) groups is 1. The molecule has 1 fully saturated rings. The summed E-state index contributed by atoms with van der Waals surface area (Å²) in [6, 6.07) is 13.0. The van der Waals surface area contributed by atoms with Gasteiger partial charge in [-0.3, -0.25) is 4.79 Å². The smallest absolute Gasteiger partial charge is 0.239 e. The first kappa shape index (κ1) is 43.0. The molecule has 0 aromatic heterocycles. The zero-order valence-corrected chi connectivity index (χ0v) is 34.2. The summed E-state index contributed by atoms with van der Waals surface area (Å²) >= 11 is 0. The van der Waals surface area contributed by atoms with Crippen molar-refractivity contribution in [2.75, 3.05) is 40.1 Å². The molecule has 0 saturated heterocycles. The van der Waals surface area contributed by atoms with Gasteiger partial charge in [0.25, 0.3) is 0 Å². The number of aliphatic hydroxyl groups excluding tert-OH is 2. The molecule has 6 atom stereocenters. The monoisotopic (exact) mass is 772 g/mol. The van der Waals surface area contributed by atoms with Crippen LogP contribution in [0.25, 0.3) is 0 Å². The van der Waals surface area contributed by atoms with Crippen LogP contribution in [0.1, 0.15) is 96.1 Å². The fraction of sp³-hybridized carbons (Fsp3) is 0.565. The molecule has 1 heterocycles. The normalized spacial score (nSPS) is 24.6. The van der Waals surface area contributed by atoms with E-state index in [1.807, 2.05) is 62.1 Å². The van der Waals surface area contributed by atoms with Crippen molar-refractivity contribution in [3.63, 3.8) is 0 Å². The van der Waals surface area contributed by atoms with E-state index < -0.39 is 17.4 Å². The van der Waals surface area contributed by atoms with Gasteiger partial charge in [-0.1, -0.05) is 61.9 Å². The van der Waals surface area contributed by atoms with E-state index in [-0.39, 0.29) is 55.8 Å². The lowest BCUT2D eigenvalue weighted by Crippen LogP contribution is -2.70. The number of hydrogen-bond acceptors (Lipinski definition) is 9. The summed E-state index contributed by atoms with van der Waals surface area (Å²) in [5, 5.41) is 24.7. The predicted octanol–water partition coefficient (Wildman–Crippen LogP) is 8.17. The molecule has 0 radical (unpaired) electrons. The molecule has 1 amide bonds. The third-order valence-corrected chi connectivity index (χ3v) is 11.1. The molecular weight excluding hydrogens is 709 g/mol. The number of unbranched alkanes of at least 4 members (excludes halogenated alkanes) is 2. The van der Waals surface area contributed by atoms with E-state index in [0.29, 0.717) is 49.7 Å². The van der Waals surface area contributed by atoms with E-state index in [1.165, 1.54) is 0 Å². The molecule has 0 spiro atoms. The van der Waals surface area contributed by atoms with E-state index in [2.05, 4.69) is 32.2 Å². The Bertz CT molecular complexity index is 1700. The molecule has 0 bridgehead atoms. The van der Waals surface area contributed by atoms with Gasteiger partial charge in [0, 0.05) is 37.7 Å². The van der Waals surface area contributed by atoms with Crippen LogP contribution in [0.4, 0.5) is 0 Å².